The van der Waals surface area contributed by atoms with Crippen LogP contribution in [-0.2, 0) is 0 Å². The smallest absolute Gasteiger partial charge is 0.0452 e. The molecule has 0 rings (SSSR count). The Labute approximate surface area is 67.1 Å². The van der Waals surface area contributed by atoms with Crippen LogP contribution >= 0.6 is 0 Å². The third-order valence-corrected chi connectivity index (χ3v) is 0.882. The predicted octanol–water partition coefficient (Wildman–Crippen LogP) is -0.888. The van der Waals surface area contributed by atoms with E-state index in [1.165, 1.54) is 0 Å². The molecule has 0 bridgehead atoms. The molecule has 0 aliphatic heterocycles. The second-order valence-electron chi connectivity index (χ2n) is 1.96. The molecule has 0 radical (unpaired) electrons. The topological polar surface area (TPSA) is 80.9 Å². The molecule has 0 unspecified atom stereocenters. The Bertz CT molecular complexity index is 43.7. The van der Waals surface area contributed by atoms with Crippen molar-refractivity contribution in [1.29, 1.82) is 0 Å². The quantitative estimate of drug-likeness (QED) is 0.399. The van der Waals surface area contributed by atoms with Gasteiger partial charge in [0.05, 0.1) is 0 Å². The first kappa shape index (κ1) is 13.4. The molecule has 4 nitrogen and oxygen atoms in total. The van der Waals surface area contributed by atoms with Gasteiger partial charge in [-0.25, -0.2) is 0 Å². The Hall–Kier alpha value is -0.160. The molecule has 0 amide bonds. The fourth-order valence-electron chi connectivity index (χ4n) is 0.294. The van der Waals surface area contributed by atoms with Gasteiger partial charge in [0, 0.05) is 26.4 Å². The summed E-state index contributed by atoms with van der Waals surface area (Å²) in [6.45, 7) is 0.578. The molecule has 4 heteroatoms. The van der Waals surface area contributed by atoms with Crippen molar-refractivity contribution < 1.29 is 20.4 Å². The molecule has 0 saturated heterocycles. The molecule has 0 aromatic heterocycles. The van der Waals surface area contributed by atoms with Gasteiger partial charge >= 0.3 is 0 Å². The van der Waals surface area contributed by atoms with Crippen molar-refractivity contribution >= 4 is 0 Å². The standard InChI is InChI=1S/C4H10O2.C3H8O2/c5-3-1-2-4-6;4-2-1-3-5/h5-6H,1-4H2;4-5H,1-3H2. The summed E-state index contributed by atoms with van der Waals surface area (Å²) in [4.78, 5) is 0. The fraction of sp³-hybridized carbons (Fsp3) is 1.00. The summed E-state index contributed by atoms with van der Waals surface area (Å²) in [5.74, 6) is 0. The molecule has 0 atom stereocenters. The van der Waals surface area contributed by atoms with E-state index in [1.54, 1.807) is 0 Å². The average molecular weight is 166 g/mol. The normalized spacial score (nSPS) is 8.73. The molecule has 0 saturated carbocycles. The lowest BCUT2D eigenvalue weighted by atomic mass is 10.3. The summed E-state index contributed by atoms with van der Waals surface area (Å²) in [6.07, 6.45) is 1.94. The molecule has 0 heterocycles. The van der Waals surface area contributed by atoms with Crippen LogP contribution in [0.1, 0.15) is 19.3 Å². The van der Waals surface area contributed by atoms with E-state index in [9.17, 15) is 0 Å². The van der Waals surface area contributed by atoms with Crippen LogP contribution in [0, 0.1) is 0 Å². The van der Waals surface area contributed by atoms with E-state index in [2.05, 4.69) is 0 Å². The van der Waals surface area contributed by atoms with Gasteiger partial charge < -0.3 is 20.4 Å². The van der Waals surface area contributed by atoms with Gasteiger partial charge in [-0.05, 0) is 19.3 Å². The first-order valence-corrected chi connectivity index (χ1v) is 3.76. The van der Waals surface area contributed by atoms with Crippen LogP contribution in [0.5, 0.6) is 0 Å². The minimum atomic E-state index is 0.0938. The fourth-order valence-corrected chi connectivity index (χ4v) is 0.294. The minimum Gasteiger partial charge on any atom is -0.396 e. The first-order valence-electron chi connectivity index (χ1n) is 3.76. The van der Waals surface area contributed by atoms with Gasteiger partial charge in [0.1, 0.15) is 0 Å². The summed E-state index contributed by atoms with van der Waals surface area (Å²) >= 11 is 0. The number of aliphatic hydroxyl groups is 4. The SMILES string of the molecule is OCCCCO.OCCCO. The third-order valence-electron chi connectivity index (χ3n) is 0.882. The Morgan fingerprint density at radius 3 is 0.818 bits per heavy atom. The molecule has 0 fully saturated rings. The van der Waals surface area contributed by atoms with Crippen LogP contribution in [0.15, 0.2) is 0 Å². The highest BCUT2D eigenvalue weighted by Gasteiger charge is 1.77. The van der Waals surface area contributed by atoms with E-state index < -0.39 is 0 Å². The van der Waals surface area contributed by atoms with Gasteiger partial charge in [0.15, 0.2) is 0 Å². The van der Waals surface area contributed by atoms with Crippen LogP contribution in [-0.4, -0.2) is 46.9 Å². The Kier molecular flexibility index (Phi) is 20.1. The van der Waals surface area contributed by atoms with Gasteiger partial charge in [-0.3, -0.25) is 0 Å². The second kappa shape index (κ2) is 16.4. The van der Waals surface area contributed by atoms with E-state index in [4.69, 9.17) is 20.4 Å². The summed E-state index contributed by atoms with van der Waals surface area (Å²) in [5.41, 5.74) is 0. The van der Waals surface area contributed by atoms with Crippen molar-refractivity contribution in [1.82, 2.24) is 0 Å². The molecule has 11 heavy (non-hydrogen) atoms. The lowest BCUT2D eigenvalue weighted by molar-refractivity contribution is 0.221. The van der Waals surface area contributed by atoms with E-state index in [0.29, 0.717) is 6.42 Å². The highest BCUT2D eigenvalue weighted by molar-refractivity contribution is 4.30. The summed E-state index contributed by atoms with van der Waals surface area (Å²) < 4.78 is 0. The zero-order valence-corrected chi connectivity index (χ0v) is 6.74. The second-order valence-corrected chi connectivity index (χ2v) is 1.96. The number of aliphatic hydroxyl groups excluding tert-OH is 4. The average Bonchev–Trinajstić information content (AvgIpc) is 2.04. The van der Waals surface area contributed by atoms with Gasteiger partial charge in [-0.1, -0.05) is 0 Å². The highest BCUT2D eigenvalue weighted by atomic mass is 16.3. The molecule has 70 valence electrons. The maximum atomic E-state index is 8.09. The molecular weight excluding hydrogens is 148 g/mol. The van der Waals surface area contributed by atoms with E-state index >= 15 is 0 Å². The van der Waals surface area contributed by atoms with Crippen molar-refractivity contribution in [3.05, 3.63) is 0 Å². The van der Waals surface area contributed by atoms with Crippen molar-refractivity contribution in [3.8, 4) is 0 Å². The zero-order valence-electron chi connectivity index (χ0n) is 6.74. The molecule has 0 aliphatic rings. The molecule has 0 aromatic carbocycles. The molecule has 0 aliphatic carbocycles. The Morgan fingerprint density at radius 1 is 0.455 bits per heavy atom. The lowest BCUT2D eigenvalue weighted by Gasteiger charge is -1.85. The summed E-state index contributed by atoms with van der Waals surface area (Å²) in [7, 11) is 0. The summed E-state index contributed by atoms with van der Waals surface area (Å²) in [5, 5.41) is 32.0. The number of hydrogen-bond donors (Lipinski definition) is 4. The molecule has 4 N–H and O–H groups in total. The number of unbranched alkanes of at least 4 members (excludes halogenated alkanes) is 1. The van der Waals surface area contributed by atoms with Crippen LogP contribution in [0.2, 0.25) is 0 Å². The number of rotatable bonds is 5. The van der Waals surface area contributed by atoms with Crippen molar-refractivity contribution in [2.24, 2.45) is 0 Å². The predicted molar refractivity (Wildman–Crippen MR) is 42.2 cm³/mol. The lowest BCUT2D eigenvalue weighted by Crippen LogP contribution is -1.85. The third kappa shape index (κ3) is 25.8. The van der Waals surface area contributed by atoms with E-state index in [1.807, 2.05) is 0 Å². The van der Waals surface area contributed by atoms with Crippen molar-refractivity contribution in [2.45, 2.75) is 19.3 Å². The van der Waals surface area contributed by atoms with Gasteiger partial charge in [0.25, 0.3) is 0 Å². The monoisotopic (exact) mass is 166 g/mol. The Balaban J connectivity index is 0. The maximum Gasteiger partial charge on any atom is 0.0452 e. The van der Waals surface area contributed by atoms with Crippen LogP contribution in [0.3, 0.4) is 0 Å². The summed E-state index contributed by atoms with van der Waals surface area (Å²) in [6, 6.07) is 0. The van der Waals surface area contributed by atoms with Gasteiger partial charge in [0.2, 0.25) is 0 Å². The molecule has 0 aromatic rings. The first-order chi connectivity index (χ1) is 5.33. The van der Waals surface area contributed by atoms with E-state index in [0.717, 1.165) is 12.8 Å². The van der Waals surface area contributed by atoms with Crippen LogP contribution < -0.4 is 0 Å². The van der Waals surface area contributed by atoms with E-state index in [-0.39, 0.29) is 26.4 Å². The van der Waals surface area contributed by atoms with Gasteiger partial charge in [-0.2, -0.15) is 0 Å². The largest absolute Gasteiger partial charge is 0.396 e. The van der Waals surface area contributed by atoms with Gasteiger partial charge in [-0.15, -0.1) is 0 Å². The Morgan fingerprint density at radius 2 is 0.727 bits per heavy atom. The van der Waals surface area contributed by atoms with Crippen LogP contribution in [0.4, 0.5) is 0 Å². The highest BCUT2D eigenvalue weighted by Crippen LogP contribution is 1.80. The van der Waals surface area contributed by atoms with Crippen LogP contribution in [0.25, 0.3) is 0 Å². The zero-order chi connectivity index (χ0) is 8.95. The number of hydrogen-bond acceptors (Lipinski definition) is 4. The maximum absolute atomic E-state index is 8.09. The minimum absolute atomic E-state index is 0.0938. The molecule has 0 spiro atoms. The van der Waals surface area contributed by atoms with Crippen molar-refractivity contribution in [3.63, 3.8) is 0 Å². The molecular formula is C7H18O4. The van der Waals surface area contributed by atoms with Crippen molar-refractivity contribution in [2.75, 3.05) is 26.4 Å².